The minimum Gasteiger partial charge on any atom is -0.506 e. The lowest BCUT2D eigenvalue weighted by Gasteiger charge is -2.15. The van der Waals surface area contributed by atoms with Crippen LogP contribution >= 0.6 is 0 Å². The molecular formula is C18H19N5O3. The monoisotopic (exact) mass is 353 g/mol. The summed E-state index contributed by atoms with van der Waals surface area (Å²) < 4.78 is 1.81. The van der Waals surface area contributed by atoms with Gasteiger partial charge in [0.1, 0.15) is 17.1 Å². The van der Waals surface area contributed by atoms with E-state index in [1.54, 1.807) is 0 Å². The van der Waals surface area contributed by atoms with Crippen molar-refractivity contribution in [1.82, 2.24) is 9.38 Å². The van der Waals surface area contributed by atoms with E-state index in [0.717, 1.165) is 16.9 Å². The number of hydrogen-bond acceptors (Lipinski definition) is 6. The molecule has 2 aromatic heterocycles. The van der Waals surface area contributed by atoms with Crippen molar-refractivity contribution in [3.63, 3.8) is 0 Å². The van der Waals surface area contributed by atoms with Crippen LogP contribution in [0.25, 0.3) is 5.65 Å². The molecule has 0 aliphatic carbocycles. The number of aromatic nitrogens is 2. The standard InChI is InChI=1S/C18H19N5O3/c1-11-7-8-22-15(9-11)19-16(18(2,3)4)17(22)21-20-13-10-12(23(25)26)5-6-14(13)24/h5-10,24H,1-4H3. The van der Waals surface area contributed by atoms with Crippen LogP contribution in [-0.4, -0.2) is 19.4 Å². The smallest absolute Gasteiger partial charge is 0.271 e. The van der Waals surface area contributed by atoms with Crippen LogP contribution in [0.2, 0.25) is 0 Å². The van der Waals surface area contributed by atoms with E-state index in [1.165, 1.54) is 18.2 Å². The molecule has 0 aliphatic rings. The Labute approximate surface area is 150 Å². The molecule has 8 heteroatoms. The molecule has 2 heterocycles. The molecule has 0 amide bonds. The molecule has 26 heavy (non-hydrogen) atoms. The minimum atomic E-state index is -0.546. The number of benzene rings is 1. The molecule has 3 aromatic rings. The van der Waals surface area contributed by atoms with Gasteiger partial charge in [0.2, 0.25) is 0 Å². The van der Waals surface area contributed by atoms with Gasteiger partial charge in [-0.1, -0.05) is 20.8 Å². The number of azo groups is 1. The zero-order valence-electron chi connectivity index (χ0n) is 15.0. The summed E-state index contributed by atoms with van der Waals surface area (Å²) in [6, 6.07) is 7.51. The molecule has 1 aromatic carbocycles. The van der Waals surface area contributed by atoms with Crippen LogP contribution in [0.3, 0.4) is 0 Å². The lowest BCUT2D eigenvalue weighted by molar-refractivity contribution is -0.384. The zero-order chi connectivity index (χ0) is 19.1. The van der Waals surface area contributed by atoms with Gasteiger partial charge in [0.15, 0.2) is 5.82 Å². The summed E-state index contributed by atoms with van der Waals surface area (Å²) in [6.07, 6.45) is 1.86. The van der Waals surface area contributed by atoms with Crippen LogP contribution in [0, 0.1) is 17.0 Å². The quantitative estimate of drug-likeness (QED) is 0.407. The van der Waals surface area contributed by atoms with Crippen molar-refractivity contribution in [1.29, 1.82) is 0 Å². The van der Waals surface area contributed by atoms with Gasteiger partial charge in [-0.2, -0.15) is 0 Å². The van der Waals surface area contributed by atoms with E-state index in [0.29, 0.717) is 5.82 Å². The van der Waals surface area contributed by atoms with Gasteiger partial charge in [0.05, 0.1) is 10.6 Å². The summed E-state index contributed by atoms with van der Waals surface area (Å²) in [6.45, 7) is 8.04. The summed E-state index contributed by atoms with van der Waals surface area (Å²) in [5.74, 6) is 0.347. The lowest BCUT2D eigenvalue weighted by Crippen LogP contribution is -2.11. The fourth-order valence-electron chi connectivity index (χ4n) is 2.54. The first-order valence-corrected chi connectivity index (χ1v) is 8.05. The molecule has 0 spiro atoms. The molecule has 1 N–H and O–H groups in total. The fraction of sp³-hybridized carbons (Fsp3) is 0.278. The fourth-order valence-corrected chi connectivity index (χ4v) is 2.54. The molecule has 0 saturated carbocycles. The van der Waals surface area contributed by atoms with Crippen LogP contribution < -0.4 is 0 Å². The third-order valence-electron chi connectivity index (χ3n) is 3.89. The number of phenols is 1. The number of hydrogen-bond donors (Lipinski definition) is 1. The first-order chi connectivity index (χ1) is 12.2. The topological polar surface area (TPSA) is 105 Å². The molecule has 0 atom stereocenters. The van der Waals surface area contributed by atoms with Crippen molar-refractivity contribution in [3.05, 3.63) is 57.9 Å². The molecule has 0 unspecified atom stereocenters. The second kappa shape index (κ2) is 6.21. The molecule has 134 valence electrons. The largest absolute Gasteiger partial charge is 0.506 e. The number of fused-ring (bicyclic) bond motifs is 1. The van der Waals surface area contributed by atoms with E-state index in [2.05, 4.69) is 15.2 Å². The number of aromatic hydroxyl groups is 1. The maximum absolute atomic E-state index is 10.9. The number of non-ortho nitro benzene ring substituents is 1. The van der Waals surface area contributed by atoms with Gasteiger partial charge in [-0.3, -0.25) is 14.5 Å². The van der Waals surface area contributed by atoms with Crippen molar-refractivity contribution >= 4 is 22.8 Å². The highest BCUT2D eigenvalue weighted by Gasteiger charge is 2.24. The number of nitro groups is 1. The highest BCUT2D eigenvalue weighted by Crippen LogP contribution is 2.35. The van der Waals surface area contributed by atoms with E-state index in [-0.39, 0.29) is 22.5 Å². The van der Waals surface area contributed by atoms with Crippen LogP contribution in [0.1, 0.15) is 32.0 Å². The average Bonchev–Trinajstić information content (AvgIpc) is 2.91. The number of pyridine rings is 1. The number of rotatable bonds is 3. The molecule has 0 saturated heterocycles. The highest BCUT2D eigenvalue weighted by molar-refractivity contribution is 5.58. The second-order valence-corrected chi connectivity index (χ2v) is 7.10. The Hall–Kier alpha value is -3.29. The molecule has 8 nitrogen and oxygen atoms in total. The summed E-state index contributed by atoms with van der Waals surface area (Å²) >= 11 is 0. The van der Waals surface area contributed by atoms with Gasteiger partial charge in [0.25, 0.3) is 5.69 Å². The number of imidazole rings is 1. The van der Waals surface area contributed by atoms with E-state index >= 15 is 0 Å². The van der Waals surface area contributed by atoms with Gasteiger partial charge in [0, 0.05) is 23.7 Å². The Morgan fingerprint density at radius 2 is 1.92 bits per heavy atom. The Morgan fingerprint density at radius 3 is 2.58 bits per heavy atom. The van der Waals surface area contributed by atoms with E-state index < -0.39 is 4.92 Å². The predicted octanol–water partition coefficient (Wildman–Crippen LogP) is 4.97. The maximum Gasteiger partial charge on any atom is 0.271 e. The lowest BCUT2D eigenvalue weighted by atomic mass is 9.92. The number of aryl methyl sites for hydroxylation is 1. The molecule has 0 bridgehead atoms. The molecule has 3 rings (SSSR count). The Balaban J connectivity index is 2.15. The van der Waals surface area contributed by atoms with Crippen molar-refractivity contribution < 1.29 is 10.0 Å². The van der Waals surface area contributed by atoms with Gasteiger partial charge in [-0.15, -0.1) is 10.2 Å². The van der Waals surface area contributed by atoms with Gasteiger partial charge in [-0.25, -0.2) is 4.98 Å². The van der Waals surface area contributed by atoms with Crippen LogP contribution in [0.5, 0.6) is 5.75 Å². The maximum atomic E-state index is 10.9. The van der Waals surface area contributed by atoms with Crippen molar-refractivity contribution in [3.8, 4) is 5.75 Å². The normalized spacial score (nSPS) is 12.2. The zero-order valence-corrected chi connectivity index (χ0v) is 15.0. The Morgan fingerprint density at radius 1 is 1.19 bits per heavy atom. The first kappa shape index (κ1) is 17.5. The van der Waals surface area contributed by atoms with Gasteiger partial charge < -0.3 is 5.11 Å². The molecular weight excluding hydrogens is 334 g/mol. The van der Waals surface area contributed by atoms with Gasteiger partial charge in [-0.05, 0) is 30.7 Å². The number of phenolic OH excluding ortho intramolecular Hbond substituents is 1. The van der Waals surface area contributed by atoms with Crippen LogP contribution in [0.4, 0.5) is 17.2 Å². The number of nitrogens with zero attached hydrogens (tertiary/aromatic N) is 5. The van der Waals surface area contributed by atoms with Crippen LogP contribution in [0.15, 0.2) is 46.8 Å². The minimum absolute atomic E-state index is 0.0288. The van der Waals surface area contributed by atoms with E-state index in [1.807, 2.05) is 50.4 Å². The SMILES string of the molecule is Cc1ccn2c(N=Nc3cc([N+](=O)[O-])ccc3O)c(C(C)(C)C)nc2c1. The number of nitro benzene ring substituents is 1. The Kier molecular flexibility index (Phi) is 4.19. The summed E-state index contributed by atoms with van der Waals surface area (Å²) in [5.41, 5.74) is 2.15. The molecule has 0 aliphatic heterocycles. The van der Waals surface area contributed by atoms with Crippen molar-refractivity contribution in [2.75, 3.05) is 0 Å². The third kappa shape index (κ3) is 3.26. The average molecular weight is 353 g/mol. The highest BCUT2D eigenvalue weighted by atomic mass is 16.6. The summed E-state index contributed by atoms with van der Waals surface area (Å²) in [5, 5.41) is 29.2. The molecule has 0 radical (unpaired) electrons. The first-order valence-electron chi connectivity index (χ1n) is 8.05. The van der Waals surface area contributed by atoms with E-state index in [9.17, 15) is 15.2 Å². The van der Waals surface area contributed by atoms with Crippen LogP contribution in [-0.2, 0) is 5.41 Å². The third-order valence-corrected chi connectivity index (χ3v) is 3.89. The second-order valence-electron chi connectivity index (χ2n) is 7.10. The summed E-state index contributed by atoms with van der Waals surface area (Å²) in [4.78, 5) is 15.0. The Bertz CT molecular complexity index is 1030. The van der Waals surface area contributed by atoms with Crippen molar-refractivity contribution in [2.24, 2.45) is 10.2 Å². The summed E-state index contributed by atoms with van der Waals surface area (Å²) in [7, 11) is 0. The molecule has 0 fully saturated rings. The van der Waals surface area contributed by atoms with E-state index in [4.69, 9.17) is 0 Å². The predicted molar refractivity (Wildman–Crippen MR) is 97.6 cm³/mol. The van der Waals surface area contributed by atoms with Gasteiger partial charge >= 0.3 is 0 Å². The van der Waals surface area contributed by atoms with Crippen molar-refractivity contribution in [2.45, 2.75) is 33.1 Å².